The van der Waals surface area contributed by atoms with Gasteiger partial charge in [0.25, 0.3) is 11.8 Å². The number of amides is 3. The molecule has 132 valence electrons. The normalized spacial score (nSPS) is 18.7. The molecular formula is C19H15BrN2O4. The van der Waals surface area contributed by atoms with Gasteiger partial charge in [-0.1, -0.05) is 34.1 Å². The minimum atomic E-state index is -1.06. The predicted octanol–water partition coefficient (Wildman–Crippen LogP) is 3.32. The molecule has 6 nitrogen and oxygen atoms in total. The molecule has 0 aliphatic carbocycles. The van der Waals surface area contributed by atoms with Crippen molar-refractivity contribution >= 4 is 33.8 Å². The summed E-state index contributed by atoms with van der Waals surface area (Å²) in [4.78, 5) is 39.5. The summed E-state index contributed by atoms with van der Waals surface area (Å²) in [5, 5.41) is 9.60. The number of imide groups is 1. The van der Waals surface area contributed by atoms with Crippen molar-refractivity contribution in [1.82, 2.24) is 9.80 Å². The second-order valence-corrected chi connectivity index (χ2v) is 7.27. The van der Waals surface area contributed by atoms with E-state index in [0.717, 1.165) is 20.5 Å². The van der Waals surface area contributed by atoms with Crippen LogP contribution >= 0.6 is 15.9 Å². The standard InChI is InChI=1S/C19H15BrN2O4/c20-12-5-6-13-11(9-12)7-8-21(19(25)26)16(13)10-22-17(23)14-3-1-2-4-15(14)18(22)24/h1-6,9,16H,7-8,10H2,(H,25,26)/t16-/m1/s1. The van der Waals surface area contributed by atoms with E-state index in [9.17, 15) is 19.5 Å². The van der Waals surface area contributed by atoms with Gasteiger partial charge in [-0.3, -0.25) is 19.4 Å². The lowest BCUT2D eigenvalue weighted by atomic mass is 9.92. The molecule has 1 atom stereocenters. The maximum atomic E-state index is 12.7. The zero-order chi connectivity index (χ0) is 18.4. The third-order valence-electron chi connectivity index (χ3n) is 4.94. The summed E-state index contributed by atoms with van der Waals surface area (Å²) in [7, 11) is 0. The highest BCUT2D eigenvalue weighted by Gasteiger charge is 2.40. The number of carboxylic acid groups (broad SMARTS) is 1. The molecule has 0 unspecified atom stereocenters. The van der Waals surface area contributed by atoms with Crippen LogP contribution in [-0.4, -0.2) is 45.9 Å². The van der Waals surface area contributed by atoms with Crippen LogP contribution < -0.4 is 0 Å². The fraction of sp³-hybridized carbons (Fsp3) is 0.211. The molecule has 4 rings (SSSR count). The third kappa shape index (κ3) is 2.59. The first-order valence-electron chi connectivity index (χ1n) is 8.20. The fourth-order valence-corrected chi connectivity index (χ4v) is 4.09. The van der Waals surface area contributed by atoms with Crippen LogP contribution in [0.5, 0.6) is 0 Å². The number of nitrogens with zero attached hydrogens (tertiary/aromatic N) is 2. The summed E-state index contributed by atoms with van der Waals surface area (Å²) in [6, 6.07) is 11.8. The summed E-state index contributed by atoms with van der Waals surface area (Å²) in [6.07, 6.45) is -0.458. The first-order valence-corrected chi connectivity index (χ1v) is 9.00. The minimum Gasteiger partial charge on any atom is -0.465 e. The van der Waals surface area contributed by atoms with Gasteiger partial charge in [-0.05, 0) is 41.8 Å². The number of hydrogen-bond acceptors (Lipinski definition) is 3. The van der Waals surface area contributed by atoms with Crippen molar-refractivity contribution in [3.8, 4) is 0 Å². The Bertz CT molecular complexity index is 908. The Morgan fingerprint density at radius 2 is 1.77 bits per heavy atom. The van der Waals surface area contributed by atoms with Gasteiger partial charge in [-0.25, -0.2) is 4.79 Å². The van der Waals surface area contributed by atoms with Gasteiger partial charge in [0.1, 0.15) is 0 Å². The van der Waals surface area contributed by atoms with Crippen molar-refractivity contribution < 1.29 is 19.5 Å². The van der Waals surface area contributed by atoms with Gasteiger partial charge in [-0.2, -0.15) is 0 Å². The molecular weight excluding hydrogens is 400 g/mol. The van der Waals surface area contributed by atoms with E-state index in [1.54, 1.807) is 24.3 Å². The Morgan fingerprint density at radius 1 is 1.12 bits per heavy atom. The topological polar surface area (TPSA) is 77.9 Å². The van der Waals surface area contributed by atoms with E-state index in [-0.39, 0.29) is 18.4 Å². The quantitative estimate of drug-likeness (QED) is 0.764. The van der Waals surface area contributed by atoms with Crippen molar-refractivity contribution in [2.45, 2.75) is 12.5 Å². The minimum absolute atomic E-state index is 0.00722. The lowest BCUT2D eigenvalue weighted by Gasteiger charge is -2.37. The zero-order valence-electron chi connectivity index (χ0n) is 13.7. The van der Waals surface area contributed by atoms with E-state index >= 15 is 0 Å². The van der Waals surface area contributed by atoms with Crippen molar-refractivity contribution in [1.29, 1.82) is 0 Å². The average Bonchev–Trinajstić information content (AvgIpc) is 2.86. The summed E-state index contributed by atoms with van der Waals surface area (Å²) in [5.41, 5.74) is 2.59. The lowest BCUT2D eigenvalue weighted by molar-refractivity contribution is 0.0569. The molecule has 2 aromatic carbocycles. The average molecular weight is 415 g/mol. The molecule has 26 heavy (non-hydrogen) atoms. The monoisotopic (exact) mass is 414 g/mol. The predicted molar refractivity (Wildman–Crippen MR) is 97.1 cm³/mol. The maximum absolute atomic E-state index is 12.7. The second-order valence-electron chi connectivity index (χ2n) is 6.35. The molecule has 0 saturated carbocycles. The molecule has 0 spiro atoms. The molecule has 0 bridgehead atoms. The summed E-state index contributed by atoms with van der Waals surface area (Å²) < 4.78 is 0.916. The lowest BCUT2D eigenvalue weighted by Crippen LogP contribution is -2.46. The molecule has 3 amide bonds. The Balaban J connectivity index is 1.71. The van der Waals surface area contributed by atoms with E-state index in [1.165, 1.54) is 4.90 Å². The number of carbonyl (C=O) groups excluding carboxylic acids is 2. The molecule has 0 aromatic heterocycles. The van der Waals surface area contributed by atoms with E-state index < -0.39 is 12.1 Å². The van der Waals surface area contributed by atoms with Crippen molar-refractivity contribution in [3.63, 3.8) is 0 Å². The largest absolute Gasteiger partial charge is 0.465 e. The molecule has 2 aliphatic heterocycles. The third-order valence-corrected chi connectivity index (χ3v) is 5.43. The van der Waals surface area contributed by atoms with Crippen LogP contribution in [0, 0.1) is 0 Å². The van der Waals surface area contributed by atoms with Crippen LogP contribution in [0.15, 0.2) is 46.9 Å². The van der Waals surface area contributed by atoms with Gasteiger partial charge < -0.3 is 5.11 Å². The number of fused-ring (bicyclic) bond motifs is 2. The summed E-state index contributed by atoms with van der Waals surface area (Å²) in [5.74, 6) is -0.750. The smallest absolute Gasteiger partial charge is 0.407 e. The van der Waals surface area contributed by atoms with E-state index in [0.29, 0.717) is 24.1 Å². The molecule has 0 saturated heterocycles. The van der Waals surface area contributed by atoms with Gasteiger partial charge >= 0.3 is 6.09 Å². The van der Waals surface area contributed by atoms with E-state index in [4.69, 9.17) is 0 Å². The van der Waals surface area contributed by atoms with Gasteiger partial charge in [0.2, 0.25) is 0 Å². The Morgan fingerprint density at radius 3 is 2.38 bits per heavy atom. The van der Waals surface area contributed by atoms with E-state index in [2.05, 4.69) is 15.9 Å². The molecule has 2 aromatic rings. The fourth-order valence-electron chi connectivity index (χ4n) is 3.68. The van der Waals surface area contributed by atoms with Crippen LogP contribution in [0.1, 0.15) is 37.9 Å². The van der Waals surface area contributed by atoms with Crippen LogP contribution in [0.2, 0.25) is 0 Å². The number of halogens is 1. The van der Waals surface area contributed by atoms with Crippen molar-refractivity contribution in [3.05, 3.63) is 69.2 Å². The van der Waals surface area contributed by atoms with Crippen molar-refractivity contribution in [2.75, 3.05) is 13.1 Å². The summed E-state index contributed by atoms with van der Waals surface area (Å²) >= 11 is 3.43. The van der Waals surface area contributed by atoms with Gasteiger partial charge in [-0.15, -0.1) is 0 Å². The van der Waals surface area contributed by atoms with Gasteiger partial charge in [0.05, 0.1) is 23.7 Å². The summed E-state index contributed by atoms with van der Waals surface area (Å²) in [6.45, 7) is 0.333. The molecule has 2 aliphatic rings. The Labute approximate surface area is 158 Å². The number of rotatable bonds is 2. The second kappa shape index (κ2) is 6.25. The van der Waals surface area contributed by atoms with Gasteiger partial charge in [0.15, 0.2) is 0 Å². The van der Waals surface area contributed by atoms with E-state index in [1.807, 2.05) is 18.2 Å². The Kier molecular flexibility index (Phi) is 4.03. The van der Waals surface area contributed by atoms with Crippen LogP contribution in [0.4, 0.5) is 4.79 Å². The van der Waals surface area contributed by atoms with Crippen LogP contribution in [0.3, 0.4) is 0 Å². The molecule has 1 N–H and O–H groups in total. The molecule has 2 heterocycles. The van der Waals surface area contributed by atoms with Crippen LogP contribution in [0.25, 0.3) is 0 Å². The number of hydrogen-bond donors (Lipinski definition) is 1. The first kappa shape index (κ1) is 16.8. The number of carbonyl (C=O) groups is 3. The maximum Gasteiger partial charge on any atom is 0.407 e. The first-order chi connectivity index (χ1) is 12.5. The number of benzene rings is 2. The van der Waals surface area contributed by atoms with Gasteiger partial charge in [0, 0.05) is 11.0 Å². The molecule has 0 radical (unpaired) electrons. The molecule has 0 fully saturated rings. The van der Waals surface area contributed by atoms with Crippen LogP contribution in [-0.2, 0) is 6.42 Å². The SMILES string of the molecule is O=C1c2ccccc2C(=O)N1C[C@@H]1c2ccc(Br)cc2CCN1C(=O)O. The zero-order valence-corrected chi connectivity index (χ0v) is 15.3. The Hall–Kier alpha value is -2.67. The highest BCUT2D eigenvalue weighted by atomic mass is 79.9. The highest BCUT2D eigenvalue weighted by molar-refractivity contribution is 9.10. The van der Waals surface area contributed by atoms with Crippen molar-refractivity contribution in [2.24, 2.45) is 0 Å². The molecule has 7 heteroatoms. The highest BCUT2D eigenvalue weighted by Crippen LogP contribution is 2.34.